The number of hydrogen-bond donors (Lipinski definition) is 3. The number of anilines is 2. The van der Waals surface area contributed by atoms with Crippen molar-refractivity contribution in [1.82, 2.24) is 9.97 Å². The van der Waals surface area contributed by atoms with E-state index >= 15 is 0 Å². The monoisotopic (exact) mass is 265 g/mol. The van der Waals surface area contributed by atoms with E-state index in [0.717, 1.165) is 6.07 Å². The van der Waals surface area contributed by atoms with Crippen molar-refractivity contribution in [3.8, 4) is 0 Å². The Morgan fingerprint density at radius 2 is 2.00 bits per heavy atom. The molecule has 4 N–H and O–H groups in total. The molecule has 0 unspecified atom stereocenters. The summed E-state index contributed by atoms with van der Waals surface area (Å²) in [4.78, 5) is 8.19. The van der Waals surface area contributed by atoms with Gasteiger partial charge < -0.3 is 10.7 Å². The number of aryl methyl sites for hydroxylation is 1. The van der Waals surface area contributed by atoms with Gasteiger partial charge in [-0.2, -0.15) is 4.98 Å². The molecular weight excluding hydrogens is 252 g/mol. The molecule has 5 nitrogen and oxygen atoms in total. The molecule has 0 saturated carbocycles. The first-order valence-corrected chi connectivity index (χ1v) is 5.58. The van der Waals surface area contributed by atoms with Crippen molar-refractivity contribution in [3.63, 3.8) is 0 Å². The fourth-order valence-electron chi connectivity index (χ4n) is 1.56. The maximum atomic E-state index is 13.4. The first kappa shape index (κ1) is 13.2. The summed E-state index contributed by atoms with van der Waals surface area (Å²) in [6.45, 7) is 1.94. The topological polar surface area (TPSA) is 75.9 Å². The fourth-order valence-corrected chi connectivity index (χ4v) is 1.56. The van der Waals surface area contributed by atoms with Gasteiger partial charge in [-0.3, -0.25) is 0 Å². The highest BCUT2D eigenvalue weighted by molar-refractivity contribution is 5.41. The van der Waals surface area contributed by atoms with Crippen molar-refractivity contribution in [3.05, 3.63) is 47.2 Å². The summed E-state index contributed by atoms with van der Waals surface area (Å²) >= 11 is 0. The number of rotatable bonds is 4. The third kappa shape index (κ3) is 3.35. The molecule has 0 aliphatic rings. The van der Waals surface area contributed by atoms with Crippen molar-refractivity contribution < 1.29 is 8.78 Å². The summed E-state index contributed by atoms with van der Waals surface area (Å²) in [5, 5.41) is 2.86. The molecule has 0 fully saturated rings. The van der Waals surface area contributed by atoms with Crippen LogP contribution in [-0.4, -0.2) is 9.97 Å². The zero-order valence-electron chi connectivity index (χ0n) is 10.2. The van der Waals surface area contributed by atoms with E-state index in [1.165, 1.54) is 12.1 Å². The number of hydrogen-bond acceptors (Lipinski definition) is 5. The summed E-state index contributed by atoms with van der Waals surface area (Å²) in [6.07, 6.45) is 0. The molecule has 0 bridgehead atoms. The van der Waals surface area contributed by atoms with Crippen LogP contribution in [0.4, 0.5) is 20.5 Å². The van der Waals surface area contributed by atoms with Crippen LogP contribution >= 0.6 is 0 Å². The predicted octanol–water partition coefficient (Wildman–Crippen LogP) is 1.96. The number of halogens is 2. The lowest BCUT2D eigenvalue weighted by Crippen LogP contribution is -2.12. The normalized spacial score (nSPS) is 10.3. The Balaban J connectivity index is 2.12. The van der Waals surface area contributed by atoms with Crippen molar-refractivity contribution in [2.45, 2.75) is 13.5 Å². The highest BCUT2D eigenvalue weighted by Crippen LogP contribution is 2.13. The van der Waals surface area contributed by atoms with Crippen LogP contribution in [0.15, 0.2) is 24.3 Å². The Hall–Kier alpha value is -2.28. The van der Waals surface area contributed by atoms with Gasteiger partial charge in [0.05, 0.1) is 0 Å². The lowest BCUT2D eigenvalue weighted by atomic mass is 10.2. The van der Waals surface area contributed by atoms with E-state index in [9.17, 15) is 8.78 Å². The van der Waals surface area contributed by atoms with Crippen LogP contribution in [0.5, 0.6) is 0 Å². The molecule has 1 aromatic carbocycles. The van der Waals surface area contributed by atoms with Crippen molar-refractivity contribution >= 4 is 11.8 Å². The smallest absolute Gasteiger partial charge is 0.225 e. The first-order chi connectivity index (χ1) is 9.08. The van der Waals surface area contributed by atoms with E-state index in [4.69, 9.17) is 5.84 Å². The molecule has 2 rings (SSSR count). The standard InChI is InChI=1S/C12H13F2N5/c1-7-4-11(19-15)18-12(17-7)16-6-8-2-3-9(13)5-10(8)14/h2-5H,6,15H2,1H3,(H2,16,17,18,19). The van der Waals surface area contributed by atoms with E-state index in [2.05, 4.69) is 20.7 Å². The second-order valence-electron chi connectivity index (χ2n) is 3.95. The molecule has 0 radical (unpaired) electrons. The van der Waals surface area contributed by atoms with E-state index in [1.54, 1.807) is 13.0 Å². The average Bonchev–Trinajstić information content (AvgIpc) is 2.37. The Labute approximate surface area is 108 Å². The van der Waals surface area contributed by atoms with E-state index in [-0.39, 0.29) is 6.54 Å². The lowest BCUT2D eigenvalue weighted by Gasteiger charge is -2.08. The van der Waals surface area contributed by atoms with Crippen LogP contribution in [0.25, 0.3) is 0 Å². The second-order valence-corrected chi connectivity index (χ2v) is 3.95. The van der Waals surface area contributed by atoms with Crippen molar-refractivity contribution in [1.29, 1.82) is 0 Å². The van der Waals surface area contributed by atoms with Crippen LogP contribution in [0, 0.1) is 18.6 Å². The molecule has 2 aromatic rings. The van der Waals surface area contributed by atoms with Gasteiger partial charge >= 0.3 is 0 Å². The minimum Gasteiger partial charge on any atom is -0.350 e. The largest absolute Gasteiger partial charge is 0.350 e. The maximum absolute atomic E-state index is 13.4. The molecule has 1 heterocycles. The van der Waals surface area contributed by atoms with Crippen LogP contribution in [0.1, 0.15) is 11.3 Å². The number of nitrogens with zero attached hydrogens (tertiary/aromatic N) is 2. The summed E-state index contributed by atoms with van der Waals surface area (Å²) in [5.74, 6) is 4.81. The van der Waals surface area contributed by atoms with E-state index in [0.29, 0.717) is 23.0 Å². The highest BCUT2D eigenvalue weighted by Gasteiger charge is 2.05. The van der Waals surface area contributed by atoms with Crippen LogP contribution < -0.4 is 16.6 Å². The van der Waals surface area contributed by atoms with Crippen LogP contribution in [0.2, 0.25) is 0 Å². The van der Waals surface area contributed by atoms with Crippen LogP contribution in [-0.2, 0) is 6.54 Å². The van der Waals surface area contributed by atoms with E-state index in [1.807, 2.05) is 0 Å². The van der Waals surface area contributed by atoms with Gasteiger partial charge in [0.1, 0.15) is 17.5 Å². The quantitative estimate of drug-likeness (QED) is 0.582. The zero-order valence-corrected chi connectivity index (χ0v) is 10.2. The number of nitrogen functional groups attached to an aromatic ring is 1. The van der Waals surface area contributed by atoms with Gasteiger partial charge in [0.2, 0.25) is 5.95 Å². The molecule has 100 valence electrons. The molecule has 1 aromatic heterocycles. The summed E-state index contributed by atoms with van der Waals surface area (Å²) in [6, 6.07) is 5.07. The third-order valence-electron chi connectivity index (χ3n) is 2.45. The van der Waals surface area contributed by atoms with Crippen LogP contribution in [0.3, 0.4) is 0 Å². The molecule has 0 spiro atoms. The molecule has 0 saturated heterocycles. The molecule has 19 heavy (non-hydrogen) atoms. The molecule has 7 heteroatoms. The SMILES string of the molecule is Cc1cc(NN)nc(NCc2ccc(F)cc2F)n1. The lowest BCUT2D eigenvalue weighted by molar-refractivity contribution is 0.574. The third-order valence-corrected chi connectivity index (χ3v) is 2.45. The van der Waals surface area contributed by atoms with Gasteiger partial charge in [0.25, 0.3) is 0 Å². The van der Waals surface area contributed by atoms with Gasteiger partial charge in [-0.05, 0) is 13.0 Å². The summed E-state index contributed by atoms with van der Waals surface area (Å²) < 4.78 is 26.2. The molecule has 0 aliphatic carbocycles. The summed E-state index contributed by atoms with van der Waals surface area (Å²) in [5.41, 5.74) is 3.45. The second kappa shape index (κ2) is 5.57. The molecule has 0 atom stereocenters. The van der Waals surface area contributed by atoms with E-state index < -0.39 is 11.6 Å². The fraction of sp³-hybridized carbons (Fsp3) is 0.167. The van der Waals surface area contributed by atoms with Crippen molar-refractivity contribution in [2.24, 2.45) is 5.84 Å². The predicted molar refractivity (Wildman–Crippen MR) is 68.3 cm³/mol. The van der Waals surface area contributed by atoms with Crippen molar-refractivity contribution in [2.75, 3.05) is 10.7 Å². The number of benzene rings is 1. The number of hydrazine groups is 1. The minimum atomic E-state index is -0.614. The average molecular weight is 265 g/mol. The van der Waals surface area contributed by atoms with Gasteiger partial charge in [0.15, 0.2) is 0 Å². The Kier molecular flexibility index (Phi) is 3.86. The van der Waals surface area contributed by atoms with Gasteiger partial charge in [-0.15, -0.1) is 0 Å². The molecule has 0 amide bonds. The number of nitrogens with two attached hydrogens (primary N) is 1. The Morgan fingerprint density at radius 3 is 2.68 bits per heavy atom. The van der Waals surface area contributed by atoms with Gasteiger partial charge in [-0.1, -0.05) is 6.07 Å². The van der Waals surface area contributed by atoms with Gasteiger partial charge in [-0.25, -0.2) is 19.6 Å². The number of nitrogens with one attached hydrogen (secondary N) is 2. The first-order valence-electron chi connectivity index (χ1n) is 5.58. The molecular formula is C12H13F2N5. The Morgan fingerprint density at radius 1 is 1.21 bits per heavy atom. The maximum Gasteiger partial charge on any atom is 0.225 e. The zero-order chi connectivity index (χ0) is 13.8. The molecule has 0 aliphatic heterocycles. The minimum absolute atomic E-state index is 0.152. The highest BCUT2D eigenvalue weighted by atomic mass is 19.1. The number of aromatic nitrogens is 2. The Bertz CT molecular complexity index is 588. The van der Waals surface area contributed by atoms with Gasteiger partial charge in [0, 0.05) is 29.9 Å². The summed E-state index contributed by atoms with van der Waals surface area (Å²) in [7, 11) is 0.